The van der Waals surface area contributed by atoms with Gasteiger partial charge in [0, 0.05) is 10.6 Å². The quantitative estimate of drug-likeness (QED) is 0.921. The van der Waals surface area contributed by atoms with E-state index in [1.807, 2.05) is 6.92 Å². The third-order valence-electron chi connectivity index (χ3n) is 2.17. The second kappa shape index (κ2) is 4.97. The lowest BCUT2D eigenvalue weighted by Gasteiger charge is -2.06. The Bertz CT molecular complexity index is 473. The average Bonchev–Trinajstić information content (AvgIpc) is 2.60. The molecule has 0 unspecified atom stereocenters. The van der Waals surface area contributed by atoms with Gasteiger partial charge < -0.3 is 5.32 Å². The summed E-state index contributed by atoms with van der Waals surface area (Å²) in [6.07, 6.45) is 0. The lowest BCUT2D eigenvalue weighted by atomic mass is 10.2. The minimum absolute atomic E-state index is 0.826. The predicted molar refractivity (Wildman–Crippen MR) is 73.1 cm³/mol. The van der Waals surface area contributed by atoms with Crippen LogP contribution in [0.2, 0.25) is 0 Å². The Hall–Kier alpha value is -0.870. The van der Waals surface area contributed by atoms with Crippen molar-refractivity contribution in [2.24, 2.45) is 0 Å². The molecule has 2 rings (SSSR count). The van der Waals surface area contributed by atoms with Crippen LogP contribution in [0.15, 0.2) is 28.1 Å². The number of hydrogen-bond acceptors (Lipinski definition) is 3. The molecule has 0 radical (unpaired) electrons. The number of pyridine rings is 1. The Balaban J connectivity index is 2.04. The summed E-state index contributed by atoms with van der Waals surface area (Å²) in [4.78, 5) is 5.74. The maximum Gasteiger partial charge on any atom is 0.126 e. The first-order valence-electron chi connectivity index (χ1n) is 5.07. The molecule has 0 saturated heterocycles. The molecule has 0 aliphatic carbocycles. The van der Waals surface area contributed by atoms with Crippen LogP contribution < -0.4 is 5.32 Å². The van der Waals surface area contributed by atoms with Gasteiger partial charge in [0.1, 0.15) is 5.82 Å². The molecular weight excluding hydrogens is 284 g/mol. The van der Waals surface area contributed by atoms with Gasteiger partial charge in [-0.25, -0.2) is 4.98 Å². The summed E-state index contributed by atoms with van der Waals surface area (Å²) >= 11 is 5.20. The van der Waals surface area contributed by atoms with Gasteiger partial charge in [-0.15, -0.1) is 11.3 Å². The Labute approximate surface area is 108 Å². The number of hydrogen-bond donors (Lipinski definition) is 1. The summed E-state index contributed by atoms with van der Waals surface area (Å²) in [5, 5.41) is 3.33. The van der Waals surface area contributed by atoms with Crippen LogP contribution in [-0.4, -0.2) is 4.98 Å². The highest BCUT2D eigenvalue weighted by atomic mass is 79.9. The van der Waals surface area contributed by atoms with Crippen molar-refractivity contribution in [1.82, 2.24) is 4.98 Å². The molecule has 0 aliphatic rings. The second-order valence-corrected chi connectivity index (χ2v) is 6.28. The monoisotopic (exact) mass is 296 g/mol. The van der Waals surface area contributed by atoms with Crippen LogP contribution in [0.5, 0.6) is 0 Å². The maximum atomic E-state index is 4.44. The number of anilines is 1. The lowest BCUT2D eigenvalue weighted by Crippen LogP contribution is -2.00. The number of thiophene rings is 1. The summed E-state index contributed by atoms with van der Waals surface area (Å²) in [5.74, 6) is 0.946. The number of aryl methyl sites for hydroxylation is 2. The molecule has 4 heteroatoms. The highest BCUT2D eigenvalue weighted by Crippen LogP contribution is 2.22. The standard InChI is InChI=1S/C12H13BrN2S/c1-8-5-9(2)15-12(6-8)14-7-10-3-4-11(13)16-10/h3-6H,7H2,1-2H3,(H,14,15). The van der Waals surface area contributed by atoms with E-state index in [0.29, 0.717) is 0 Å². The molecule has 0 saturated carbocycles. The van der Waals surface area contributed by atoms with Crippen LogP contribution in [0.3, 0.4) is 0 Å². The van der Waals surface area contributed by atoms with Gasteiger partial charge in [-0.2, -0.15) is 0 Å². The second-order valence-electron chi connectivity index (χ2n) is 3.73. The van der Waals surface area contributed by atoms with E-state index < -0.39 is 0 Å². The summed E-state index contributed by atoms with van der Waals surface area (Å²) < 4.78 is 1.16. The van der Waals surface area contributed by atoms with Crippen molar-refractivity contribution < 1.29 is 0 Å². The fraction of sp³-hybridized carbons (Fsp3) is 0.250. The number of nitrogens with zero attached hydrogens (tertiary/aromatic N) is 1. The summed E-state index contributed by atoms with van der Waals surface area (Å²) in [6.45, 7) is 4.92. The summed E-state index contributed by atoms with van der Waals surface area (Å²) in [5.41, 5.74) is 2.29. The van der Waals surface area contributed by atoms with E-state index in [-0.39, 0.29) is 0 Å². The fourth-order valence-corrected chi connectivity index (χ4v) is 2.98. The topological polar surface area (TPSA) is 24.9 Å². The molecule has 16 heavy (non-hydrogen) atoms. The van der Waals surface area contributed by atoms with Crippen molar-refractivity contribution in [3.63, 3.8) is 0 Å². The third-order valence-corrected chi connectivity index (χ3v) is 3.79. The molecule has 0 amide bonds. The van der Waals surface area contributed by atoms with Crippen molar-refractivity contribution in [3.05, 3.63) is 44.2 Å². The Kier molecular flexibility index (Phi) is 3.61. The van der Waals surface area contributed by atoms with Gasteiger partial charge in [-0.1, -0.05) is 0 Å². The molecule has 1 N–H and O–H groups in total. The molecule has 0 fully saturated rings. The zero-order valence-electron chi connectivity index (χ0n) is 9.25. The van der Waals surface area contributed by atoms with Gasteiger partial charge in [0.25, 0.3) is 0 Å². The van der Waals surface area contributed by atoms with Crippen molar-refractivity contribution in [2.75, 3.05) is 5.32 Å². The van der Waals surface area contributed by atoms with Crippen LogP contribution in [0.25, 0.3) is 0 Å². The van der Waals surface area contributed by atoms with Crippen LogP contribution in [0, 0.1) is 13.8 Å². The van der Waals surface area contributed by atoms with Crippen molar-refractivity contribution in [2.45, 2.75) is 20.4 Å². The van der Waals surface area contributed by atoms with Crippen LogP contribution in [0.4, 0.5) is 5.82 Å². The summed E-state index contributed by atoms with van der Waals surface area (Å²) in [6, 6.07) is 8.32. The largest absolute Gasteiger partial charge is 0.365 e. The molecule has 2 aromatic heterocycles. The minimum Gasteiger partial charge on any atom is -0.365 e. The third kappa shape index (κ3) is 3.06. The van der Waals surface area contributed by atoms with Crippen LogP contribution >= 0.6 is 27.3 Å². The van der Waals surface area contributed by atoms with E-state index in [2.05, 4.69) is 57.4 Å². The van der Waals surface area contributed by atoms with E-state index in [4.69, 9.17) is 0 Å². The normalized spacial score (nSPS) is 10.4. The van der Waals surface area contributed by atoms with E-state index in [0.717, 1.165) is 21.8 Å². The highest BCUT2D eigenvalue weighted by molar-refractivity contribution is 9.11. The Morgan fingerprint density at radius 3 is 2.75 bits per heavy atom. The fourth-order valence-electron chi connectivity index (χ4n) is 1.56. The van der Waals surface area contributed by atoms with E-state index in [1.165, 1.54) is 10.4 Å². The number of aromatic nitrogens is 1. The summed E-state index contributed by atoms with van der Waals surface area (Å²) in [7, 11) is 0. The lowest BCUT2D eigenvalue weighted by molar-refractivity contribution is 1.10. The number of halogens is 1. The van der Waals surface area contributed by atoms with Gasteiger partial charge in [0.15, 0.2) is 0 Å². The molecule has 0 atom stereocenters. The average molecular weight is 297 g/mol. The SMILES string of the molecule is Cc1cc(C)nc(NCc2ccc(Br)s2)c1. The van der Waals surface area contributed by atoms with E-state index in [9.17, 15) is 0 Å². The molecule has 2 heterocycles. The molecule has 0 aromatic carbocycles. The van der Waals surface area contributed by atoms with Gasteiger partial charge in [-0.3, -0.25) is 0 Å². The molecule has 0 bridgehead atoms. The zero-order valence-corrected chi connectivity index (χ0v) is 11.7. The van der Waals surface area contributed by atoms with E-state index in [1.54, 1.807) is 11.3 Å². The zero-order chi connectivity index (χ0) is 11.5. The smallest absolute Gasteiger partial charge is 0.126 e. The van der Waals surface area contributed by atoms with Crippen molar-refractivity contribution in [3.8, 4) is 0 Å². The minimum atomic E-state index is 0.826. The maximum absolute atomic E-state index is 4.44. The van der Waals surface area contributed by atoms with Gasteiger partial charge in [-0.05, 0) is 59.6 Å². The molecule has 0 aliphatic heterocycles. The Morgan fingerprint density at radius 2 is 2.12 bits per heavy atom. The van der Waals surface area contributed by atoms with Crippen LogP contribution in [-0.2, 0) is 6.54 Å². The van der Waals surface area contributed by atoms with Gasteiger partial charge in [0.05, 0.1) is 10.3 Å². The van der Waals surface area contributed by atoms with Crippen molar-refractivity contribution in [1.29, 1.82) is 0 Å². The first-order valence-corrected chi connectivity index (χ1v) is 6.68. The first-order chi connectivity index (χ1) is 7.63. The molecule has 2 nitrogen and oxygen atoms in total. The molecule has 2 aromatic rings. The molecule has 84 valence electrons. The predicted octanol–water partition coefficient (Wildman–Crippen LogP) is 4.13. The van der Waals surface area contributed by atoms with E-state index >= 15 is 0 Å². The molecular formula is C12H13BrN2S. The first kappa shape index (κ1) is 11.6. The highest BCUT2D eigenvalue weighted by Gasteiger charge is 2.00. The number of rotatable bonds is 3. The number of nitrogens with one attached hydrogen (secondary N) is 1. The van der Waals surface area contributed by atoms with Crippen LogP contribution in [0.1, 0.15) is 16.1 Å². The molecule has 0 spiro atoms. The van der Waals surface area contributed by atoms with Gasteiger partial charge in [0.2, 0.25) is 0 Å². The van der Waals surface area contributed by atoms with Gasteiger partial charge >= 0.3 is 0 Å². The Morgan fingerprint density at radius 1 is 1.31 bits per heavy atom. The van der Waals surface area contributed by atoms with Crippen molar-refractivity contribution >= 4 is 33.1 Å².